The third kappa shape index (κ3) is 5.97. The van der Waals surface area contributed by atoms with Gasteiger partial charge < -0.3 is 15.0 Å². The minimum Gasteiger partial charge on any atom is -0.406 e. The molecule has 2 aromatic carbocycles. The van der Waals surface area contributed by atoms with Crippen molar-refractivity contribution >= 4 is 27.3 Å². The van der Waals surface area contributed by atoms with Crippen molar-refractivity contribution in [1.82, 2.24) is 4.90 Å². The van der Waals surface area contributed by atoms with Gasteiger partial charge in [0.1, 0.15) is 21.6 Å². The zero-order valence-corrected chi connectivity index (χ0v) is 17.2. The average Bonchev–Trinajstić information content (AvgIpc) is 2.98. The van der Waals surface area contributed by atoms with E-state index in [2.05, 4.69) is 10.1 Å². The highest BCUT2D eigenvalue weighted by atomic mass is 32.2. The van der Waals surface area contributed by atoms with Crippen LogP contribution in [-0.4, -0.2) is 49.5 Å². The maximum absolute atomic E-state index is 12.9. The second-order valence-electron chi connectivity index (χ2n) is 7.09. The van der Waals surface area contributed by atoms with Crippen molar-refractivity contribution in [2.24, 2.45) is 0 Å². The van der Waals surface area contributed by atoms with Crippen LogP contribution in [-0.2, 0) is 21.2 Å². The number of amides is 2. The van der Waals surface area contributed by atoms with E-state index in [-0.39, 0.29) is 24.4 Å². The lowest BCUT2D eigenvalue weighted by molar-refractivity contribution is -0.274. The van der Waals surface area contributed by atoms with E-state index in [9.17, 15) is 31.2 Å². The van der Waals surface area contributed by atoms with Gasteiger partial charge in [0.15, 0.2) is 0 Å². The van der Waals surface area contributed by atoms with Crippen LogP contribution in [0.1, 0.15) is 22.3 Å². The molecule has 1 N–H and O–H groups in total. The number of hydrogen-bond donors (Lipinski definition) is 1. The topological polar surface area (TPSA) is 92.8 Å². The van der Waals surface area contributed by atoms with Crippen LogP contribution in [0.5, 0.6) is 5.75 Å². The molecule has 2 aromatic rings. The smallest absolute Gasteiger partial charge is 0.406 e. The zero-order valence-electron chi connectivity index (χ0n) is 16.3. The van der Waals surface area contributed by atoms with Crippen LogP contribution in [0.2, 0.25) is 0 Å². The van der Waals surface area contributed by atoms with Crippen LogP contribution in [0.3, 0.4) is 0 Å². The highest BCUT2D eigenvalue weighted by Crippen LogP contribution is 2.27. The van der Waals surface area contributed by atoms with E-state index in [1.165, 1.54) is 17.0 Å². The fourth-order valence-corrected chi connectivity index (χ4v) is 3.90. The standard InChI is InChI=1S/C20H19F3N2O5S/c1-31(28,29)11-10-17(25-12-13-4-2-3-5-16(13)19(25)27)18(26)24-14-6-8-15(9-7-14)30-20(21,22)23/h2-9,17H,10-12H2,1H3,(H,24,26)/t17-/m0/s1. The lowest BCUT2D eigenvalue weighted by atomic mass is 10.1. The Labute approximate surface area is 176 Å². The molecule has 2 amide bonds. The van der Waals surface area contributed by atoms with Gasteiger partial charge in [-0.2, -0.15) is 0 Å². The summed E-state index contributed by atoms with van der Waals surface area (Å²) in [4.78, 5) is 27.0. The molecule has 3 rings (SSSR count). The van der Waals surface area contributed by atoms with Crippen LogP contribution in [0, 0.1) is 0 Å². The van der Waals surface area contributed by atoms with Gasteiger partial charge in [-0.05, 0) is 42.3 Å². The normalized spacial score (nSPS) is 14.8. The molecule has 7 nitrogen and oxygen atoms in total. The van der Waals surface area contributed by atoms with E-state index < -0.39 is 39.8 Å². The first-order valence-electron chi connectivity index (χ1n) is 9.16. The Morgan fingerprint density at radius 2 is 1.81 bits per heavy atom. The zero-order chi connectivity index (χ0) is 22.8. The van der Waals surface area contributed by atoms with Crippen LogP contribution in [0.25, 0.3) is 0 Å². The number of halogens is 3. The summed E-state index contributed by atoms with van der Waals surface area (Å²) < 4.78 is 63.9. The van der Waals surface area contributed by atoms with E-state index in [0.29, 0.717) is 5.56 Å². The molecule has 1 atom stereocenters. The van der Waals surface area contributed by atoms with Crippen LogP contribution in [0.4, 0.5) is 18.9 Å². The third-order valence-corrected chi connectivity index (χ3v) is 5.62. The summed E-state index contributed by atoms with van der Waals surface area (Å²) in [5, 5.41) is 2.53. The minimum atomic E-state index is -4.84. The maximum Gasteiger partial charge on any atom is 0.573 e. The van der Waals surface area contributed by atoms with Gasteiger partial charge in [-0.25, -0.2) is 8.42 Å². The molecule has 0 aromatic heterocycles. The molecule has 1 heterocycles. The van der Waals surface area contributed by atoms with Gasteiger partial charge in [0.2, 0.25) is 5.91 Å². The van der Waals surface area contributed by atoms with E-state index >= 15 is 0 Å². The number of hydrogen-bond acceptors (Lipinski definition) is 5. The number of alkyl halides is 3. The first-order chi connectivity index (χ1) is 14.4. The van der Waals surface area contributed by atoms with Crippen molar-refractivity contribution in [1.29, 1.82) is 0 Å². The molecule has 166 valence electrons. The number of rotatable bonds is 7. The van der Waals surface area contributed by atoms with Gasteiger partial charge in [0, 0.05) is 24.1 Å². The molecule has 11 heteroatoms. The molecule has 0 aliphatic carbocycles. The Kier molecular flexibility index (Phi) is 6.25. The van der Waals surface area contributed by atoms with E-state index in [0.717, 1.165) is 24.0 Å². The Hall–Kier alpha value is -3.08. The van der Waals surface area contributed by atoms with Crippen molar-refractivity contribution in [3.63, 3.8) is 0 Å². The van der Waals surface area contributed by atoms with Gasteiger partial charge in [-0.15, -0.1) is 13.2 Å². The average molecular weight is 456 g/mol. The summed E-state index contributed by atoms with van der Waals surface area (Å²) in [7, 11) is -3.40. The van der Waals surface area contributed by atoms with Gasteiger partial charge >= 0.3 is 6.36 Å². The molecule has 0 spiro atoms. The predicted molar refractivity (Wildman–Crippen MR) is 106 cm³/mol. The molecular weight excluding hydrogens is 437 g/mol. The summed E-state index contributed by atoms with van der Waals surface area (Å²) in [6.45, 7) is 0.148. The number of sulfone groups is 1. The number of nitrogens with one attached hydrogen (secondary N) is 1. The highest BCUT2D eigenvalue weighted by Gasteiger charge is 2.36. The first kappa shape index (κ1) is 22.6. The quantitative estimate of drug-likeness (QED) is 0.692. The van der Waals surface area contributed by atoms with Gasteiger partial charge in [-0.3, -0.25) is 9.59 Å². The molecule has 0 fully saturated rings. The molecule has 1 aliphatic heterocycles. The Bertz CT molecular complexity index is 1080. The summed E-state index contributed by atoms with van der Waals surface area (Å²) in [6, 6.07) is 10.2. The van der Waals surface area contributed by atoms with Crippen molar-refractivity contribution < 1.29 is 35.9 Å². The monoisotopic (exact) mass is 456 g/mol. The van der Waals surface area contributed by atoms with Gasteiger partial charge in [0.25, 0.3) is 5.91 Å². The Balaban J connectivity index is 1.78. The van der Waals surface area contributed by atoms with Crippen LogP contribution in [0.15, 0.2) is 48.5 Å². The lowest BCUT2D eigenvalue weighted by Gasteiger charge is -2.27. The van der Waals surface area contributed by atoms with Crippen LogP contribution >= 0.6 is 0 Å². The van der Waals surface area contributed by atoms with Crippen LogP contribution < -0.4 is 10.1 Å². The highest BCUT2D eigenvalue weighted by molar-refractivity contribution is 7.90. The lowest BCUT2D eigenvalue weighted by Crippen LogP contribution is -2.45. The maximum atomic E-state index is 12.9. The minimum absolute atomic E-state index is 0.125. The Morgan fingerprint density at radius 3 is 2.39 bits per heavy atom. The molecule has 0 saturated carbocycles. The fraction of sp³-hybridized carbons (Fsp3) is 0.300. The molecule has 0 saturated heterocycles. The van der Waals surface area contributed by atoms with Crippen molar-refractivity contribution in [2.75, 3.05) is 17.3 Å². The number of fused-ring (bicyclic) bond motifs is 1. The number of nitrogens with zero attached hydrogens (tertiary/aromatic N) is 1. The number of anilines is 1. The second kappa shape index (κ2) is 8.58. The molecule has 1 aliphatic rings. The SMILES string of the molecule is CS(=O)(=O)CC[C@@H](C(=O)Nc1ccc(OC(F)(F)F)cc1)N1Cc2ccccc2C1=O. The molecular formula is C20H19F3N2O5S. The summed E-state index contributed by atoms with van der Waals surface area (Å²) in [5.41, 5.74) is 1.33. The third-order valence-electron chi connectivity index (χ3n) is 4.65. The van der Waals surface area contributed by atoms with Crippen molar-refractivity contribution in [3.05, 3.63) is 59.7 Å². The molecule has 31 heavy (non-hydrogen) atoms. The predicted octanol–water partition coefficient (Wildman–Crippen LogP) is 2.98. The number of carbonyl (C=O) groups excluding carboxylic acids is 2. The number of carbonyl (C=O) groups is 2. The molecule has 0 unspecified atom stereocenters. The van der Waals surface area contributed by atoms with Gasteiger partial charge in [0.05, 0.1) is 5.75 Å². The summed E-state index contributed by atoms with van der Waals surface area (Å²) in [6.07, 6.45) is -3.94. The first-order valence-corrected chi connectivity index (χ1v) is 11.2. The van der Waals surface area contributed by atoms with Gasteiger partial charge in [-0.1, -0.05) is 18.2 Å². The van der Waals surface area contributed by atoms with E-state index in [1.54, 1.807) is 24.3 Å². The number of ether oxygens (including phenoxy) is 1. The largest absolute Gasteiger partial charge is 0.573 e. The fourth-order valence-electron chi connectivity index (χ4n) is 3.25. The molecule has 0 bridgehead atoms. The number of benzene rings is 2. The summed E-state index contributed by atoms with van der Waals surface area (Å²) in [5.74, 6) is -1.81. The van der Waals surface area contributed by atoms with E-state index in [1.807, 2.05) is 0 Å². The second-order valence-corrected chi connectivity index (χ2v) is 9.35. The molecule has 0 radical (unpaired) electrons. The Morgan fingerprint density at radius 1 is 1.16 bits per heavy atom. The van der Waals surface area contributed by atoms with Crippen molar-refractivity contribution in [3.8, 4) is 5.75 Å². The van der Waals surface area contributed by atoms with E-state index in [4.69, 9.17) is 0 Å². The van der Waals surface area contributed by atoms with Crippen molar-refractivity contribution in [2.45, 2.75) is 25.4 Å². The summed E-state index contributed by atoms with van der Waals surface area (Å²) >= 11 is 0.